The Hall–Kier alpha value is -3.23. The first-order valence-corrected chi connectivity index (χ1v) is 12.1. The largest absolute Gasteiger partial charge is 0.383 e. The van der Waals surface area contributed by atoms with E-state index in [4.69, 9.17) is 4.74 Å². The van der Waals surface area contributed by atoms with E-state index in [0.717, 1.165) is 16.7 Å². The van der Waals surface area contributed by atoms with Gasteiger partial charge in [-0.25, -0.2) is 4.39 Å². The first-order chi connectivity index (χ1) is 16.6. The highest BCUT2D eigenvalue weighted by molar-refractivity contribution is 7.98. The van der Waals surface area contributed by atoms with Crippen LogP contribution in [0.5, 0.6) is 0 Å². The number of thioether (sulfide) groups is 1. The summed E-state index contributed by atoms with van der Waals surface area (Å²) >= 11 is 1.49. The molecule has 4 rings (SSSR count). The van der Waals surface area contributed by atoms with Crippen molar-refractivity contribution >= 4 is 23.4 Å². The molecule has 0 spiro atoms. The molecular formula is C26H27FN4O2S. The number of halogens is 1. The van der Waals surface area contributed by atoms with Crippen molar-refractivity contribution in [2.45, 2.75) is 30.4 Å². The average molecular weight is 479 g/mol. The summed E-state index contributed by atoms with van der Waals surface area (Å²) in [4.78, 5) is 12.2. The second-order valence-corrected chi connectivity index (χ2v) is 8.91. The van der Waals surface area contributed by atoms with Crippen LogP contribution >= 0.6 is 11.8 Å². The molecule has 34 heavy (non-hydrogen) atoms. The number of carbonyl (C=O) groups excluding carboxylic acids is 1. The minimum atomic E-state index is -1.12. The lowest BCUT2D eigenvalue weighted by Gasteiger charge is -2.18. The Labute approximate surface area is 202 Å². The molecule has 1 N–H and O–H groups in total. The molecule has 1 unspecified atom stereocenters. The van der Waals surface area contributed by atoms with Gasteiger partial charge in [0.1, 0.15) is 6.17 Å². The zero-order valence-electron chi connectivity index (χ0n) is 19.2. The van der Waals surface area contributed by atoms with E-state index < -0.39 is 6.17 Å². The first kappa shape index (κ1) is 23.9. The van der Waals surface area contributed by atoms with Crippen LogP contribution in [-0.2, 0) is 10.5 Å². The lowest BCUT2D eigenvalue weighted by molar-refractivity contribution is 0.0937. The van der Waals surface area contributed by atoms with Gasteiger partial charge in [-0.2, -0.15) is 0 Å². The SMILES string of the molecule is COCCNC(=O)c1ccc(CSc2nnc(-c3ccc(C)cc3)n2C2=CC=CCC2F)cc1. The Morgan fingerprint density at radius 2 is 1.94 bits per heavy atom. The number of methoxy groups -OCH3 is 1. The number of carbonyl (C=O) groups is 1. The zero-order chi connectivity index (χ0) is 23.9. The van der Waals surface area contributed by atoms with E-state index in [-0.39, 0.29) is 5.91 Å². The van der Waals surface area contributed by atoms with Crippen molar-refractivity contribution in [3.8, 4) is 11.4 Å². The van der Waals surface area contributed by atoms with E-state index in [1.807, 2.05) is 60.0 Å². The van der Waals surface area contributed by atoms with Gasteiger partial charge in [-0.05, 0) is 30.7 Å². The minimum absolute atomic E-state index is 0.134. The molecular weight excluding hydrogens is 451 g/mol. The minimum Gasteiger partial charge on any atom is -0.383 e. The van der Waals surface area contributed by atoms with E-state index in [0.29, 0.717) is 47.6 Å². The number of amides is 1. The smallest absolute Gasteiger partial charge is 0.251 e. The molecule has 3 aromatic rings. The van der Waals surface area contributed by atoms with Gasteiger partial charge >= 0.3 is 0 Å². The van der Waals surface area contributed by atoms with Crippen LogP contribution in [0.1, 0.15) is 27.9 Å². The lowest BCUT2D eigenvalue weighted by Crippen LogP contribution is -2.26. The van der Waals surface area contributed by atoms with Crippen molar-refractivity contribution in [2.24, 2.45) is 0 Å². The number of alkyl halides is 1. The first-order valence-electron chi connectivity index (χ1n) is 11.1. The number of aryl methyl sites for hydroxylation is 1. The number of hydrogen-bond donors (Lipinski definition) is 1. The average Bonchev–Trinajstić information content (AvgIpc) is 3.27. The topological polar surface area (TPSA) is 69.0 Å². The molecule has 0 aliphatic heterocycles. The molecule has 0 saturated carbocycles. The van der Waals surface area contributed by atoms with Crippen LogP contribution < -0.4 is 5.32 Å². The van der Waals surface area contributed by atoms with Crippen LogP contribution in [0, 0.1) is 6.92 Å². The molecule has 0 fully saturated rings. The zero-order valence-corrected chi connectivity index (χ0v) is 20.0. The van der Waals surface area contributed by atoms with E-state index in [9.17, 15) is 9.18 Å². The maximum Gasteiger partial charge on any atom is 0.251 e. The molecule has 1 aliphatic rings. The second kappa shape index (κ2) is 11.3. The van der Waals surface area contributed by atoms with Crippen molar-refractivity contribution in [1.82, 2.24) is 20.1 Å². The fraction of sp³-hybridized carbons (Fsp3) is 0.269. The monoisotopic (exact) mass is 478 g/mol. The standard InChI is InChI=1S/C26H27FN4O2S/c1-18-7-11-20(12-8-18)24-29-30-26(31(24)23-6-4-3-5-22(23)27)34-17-19-9-13-21(14-10-19)25(32)28-15-16-33-2/h3-4,6-14,22H,5,15-17H2,1-2H3,(H,28,32). The molecule has 1 heterocycles. The summed E-state index contributed by atoms with van der Waals surface area (Å²) in [5.41, 5.74) is 4.18. The predicted octanol–water partition coefficient (Wildman–Crippen LogP) is 5.06. The highest BCUT2D eigenvalue weighted by atomic mass is 32.2. The Morgan fingerprint density at radius 1 is 1.18 bits per heavy atom. The third-order valence-electron chi connectivity index (χ3n) is 5.44. The van der Waals surface area contributed by atoms with E-state index in [1.165, 1.54) is 11.8 Å². The molecule has 1 aliphatic carbocycles. The normalized spacial score (nSPS) is 15.3. The van der Waals surface area contributed by atoms with Gasteiger partial charge in [-0.15, -0.1) is 10.2 Å². The van der Waals surface area contributed by atoms with Crippen molar-refractivity contribution in [2.75, 3.05) is 20.3 Å². The van der Waals surface area contributed by atoms with E-state index in [1.54, 1.807) is 25.3 Å². The molecule has 0 bridgehead atoms. The molecule has 8 heteroatoms. The van der Waals surface area contributed by atoms with Crippen LogP contribution in [0.3, 0.4) is 0 Å². The van der Waals surface area contributed by atoms with Gasteiger partial charge in [-0.1, -0.05) is 65.9 Å². The summed E-state index contributed by atoms with van der Waals surface area (Å²) in [7, 11) is 1.60. The fourth-order valence-electron chi connectivity index (χ4n) is 3.56. The van der Waals surface area contributed by atoms with Crippen molar-refractivity contribution in [3.63, 3.8) is 0 Å². The number of rotatable bonds is 9. The van der Waals surface area contributed by atoms with Crippen LogP contribution in [0.15, 0.2) is 71.9 Å². The lowest BCUT2D eigenvalue weighted by atomic mass is 10.1. The Morgan fingerprint density at radius 3 is 2.65 bits per heavy atom. The Kier molecular flexibility index (Phi) is 7.92. The molecule has 0 saturated heterocycles. The quantitative estimate of drug-likeness (QED) is 0.344. The van der Waals surface area contributed by atoms with Gasteiger partial charge in [0, 0.05) is 37.0 Å². The van der Waals surface area contributed by atoms with Gasteiger partial charge in [0.25, 0.3) is 5.91 Å². The van der Waals surface area contributed by atoms with Gasteiger partial charge in [0.2, 0.25) is 0 Å². The number of nitrogens with zero attached hydrogens (tertiary/aromatic N) is 3. The van der Waals surface area contributed by atoms with Crippen molar-refractivity contribution in [3.05, 3.63) is 83.4 Å². The van der Waals surface area contributed by atoms with Crippen molar-refractivity contribution in [1.29, 1.82) is 0 Å². The summed E-state index contributed by atoms with van der Waals surface area (Å²) in [6.45, 7) is 2.96. The van der Waals surface area contributed by atoms with Crippen LogP contribution in [0.4, 0.5) is 4.39 Å². The third kappa shape index (κ3) is 5.63. The number of allylic oxidation sites excluding steroid dienone is 4. The molecule has 1 aromatic heterocycles. The maximum absolute atomic E-state index is 14.9. The van der Waals surface area contributed by atoms with Crippen LogP contribution in [0.25, 0.3) is 17.1 Å². The Balaban J connectivity index is 1.54. The summed E-state index contributed by atoms with van der Waals surface area (Å²) in [5.74, 6) is 1.09. The number of benzene rings is 2. The summed E-state index contributed by atoms with van der Waals surface area (Å²) in [6, 6.07) is 15.4. The second-order valence-electron chi connectivity index (χ2n) is 7.96. The van der Waals surface area contributed by atoms with Crippen LogP contribution in [-0.4, -0.2) is 47.1 Å². The van der Waals surface area contributed by atoms with Gasteiger partial charge in [-0.3, -0.25) is 9.36 Å². The summed E-state index contributed by atoms with van der Waals surface area (Å²) in [5, 5.41) is 12.2. The highest BCUT2D eigenvalue weighted by Crippen LogP contribution is 2.33. The number of hydrogen-bond acceptors (Lipinski definition) is 5. The third-order valence-corrected chi connectivity index (χ3v) is 6.44. The predicted molar refractivity (Wildman–Crippen MR) is 133 cm³/mol. The number of ether oxygens (including phenoxy) is 1. The maximum atomic E-state index is 14.9. The Bertz CT molecular complexity index is 1190. The number of nitrogens with one attached hydrogen (secondary N) is 1. The molecule has 6 nitrogen and oxygen atoms in total. The molecule has 1 atom stereocenters. The number of aromatic nitrogens is 3. The molecule has 1 amide bonds. The van der Waals surface area contributed by atoms with E-state index >= 15 is 0 Å². The molecule has 0 radical (unpaired) electrons. The molecule has 176 valence electrons. The van der Waals surface area contributed by atoms with Crippen molar-refractivity contribution < 1.29 is 13.9 Å². The summed E-state index contributed by atoms with van der Waals surface area (Å²) < 4.78 is 21.7. The fourth-order valence-corrected chi connectivity index (χ4v) is 4.47. The summed E-state index contributed by atoms with van der Waals surface area (Å²) in [6.07, 6.45) is 4.69. The van der Waals surface area contributed by atoms with Gasteiger partial charge in [0.05, 0.1) is 12.3 Å². The highest BCUT2D eigenvalue weighted by Gasteiger charge is 2.24. The van der Waals surface area contributed by atoms with Gasteiger partial charge < -0.3 is 10.1 Å². The molecule has 2 aromatic carbocycles. The van der Waals surface area contributed by atoms with Gasteiger partial charge in [0.15, 0.2) is 11.0 Å². The van der Waals surface area contributed by atoms with Crippen LogP contribution in [0.2, 0.25) is 0 Å². The van der Waals surface area contributed by atoms with E-state index in [2.05, 4.69) is 15.5 Å².